The number of hydrogen-bond donors (Lipinski definition) is 3. The lowest BCUT2D eigenvalue weighted by atomic mass is 10.2. The molecule has 0 bridgehead atoms. The molecule has 0 unspecified atom stereocenters. The molecular formula is C18H23ClFN3O3S. The molecule has 2 aromatic rings. The quantitative estimate of drug-likeness (QED) is 0.584. The minimum absolute atomic E-state index is 0. The molecule has 6 nitrogen and oxygen atoms in total. The van der Waals surface area contributed by atoms with Gasteiger partial charge in [-0.2, -0.15) is 0 Å². The average Bonchev–Trinajstić information content (AvgIpc) is 2.63. The zero-order valence-corrected chi connectivity index (χ0v) is 16.5. The zero-order chi connectivity index (χ0) is 19.0. The number of hydrogen-bond acceptors (Lipinski definition) is 4. The summed E-state index contributed by atoms with van der Waals surface area (Å²) in [5.74, 6) is -0.533. The van der Waals surface area contributed by atoms with Crippen LogP contribution in [0.5, 0.6) is 0 Å². The van der Waals surface area contributed by atoms with Gasteiger partial charge >= 0.3 is 0 Å². The van der Waals surface area contributed by atoms with E-state index < -0.39 is 15.8 Å². The molecule has 0 radical (unpaired) electrons. The number of halogens is 2. The van der Waals surface area contributed by atoms with Gasteiger partial charge in [0.05, 0.1) is 4.90 Å². The SMILES string of the molecule is CNCCC(=O)NCc1cccc(S(=O)(=O)NCc2cccc(F)c2)c1.Cl. The van der Waals surface area contributed by atoms with Crippen molar-refractivity contribution < 1.29 is 17.6 Å². The molecular weight excluding hydrogens is 393 g/mol. The molecule has 27 heavy (non-hydrogen) atoms. The maximum absolute atomic E-state index is 13.2. The lowest BCUT2D eigenvalue weighted by Crippen LogP contribution is -2.26. The van der Waals surface area contributed by atoms with Crippen LogP contribution in [0.1, 0.15) is 17.5 Å². The van der Waals surface area contributed by atoms with Crippen LogP contribution in [0.25, 0.3) is 0 Å². The molecule has 148 valence electrons. The van der Waals surface area contributed by atoms with Crippen LogP contribution in [-0.4, -0.2) is 27.9 Å². The van der Waals surface area contributed by atoms with Crippen LogP contribution in [0.15, 0.2) is 53.4 Å². The van der Waals surface area contributed by atoms with Crippen LogP contribution in [0.4, 0.5) is 4.39 Å². The second-order valence-electron chi connectivity index (χ2n) is 5.73. The summed E-state index contributed by atoms with van der Waals surface area (Å²) in [4.78, 5) is 11.7. The highest BCUT2D eigenvalue weighted by atomic mass is 35.5. The Balaban J connectivity index is 0.00000364. The molecule has 0 heterocycles. The monoisotopic (exact) mass is 415 g/mol. The third-order valence-electron chi connectivity index (χ3n) is 3.66. The highest BCUT2D eigenvalue weighted by Gasteiger charge is 2.14. The van der Waals surface area contributed by atoms with Gasteiger partial charge in [0.1, 0.15) is 5.82 Å². The summed E-state index contributed by atoms with van der Waals surface area (Å²) in [7, 11) is -1.98. The first-order valence-electron chi connectivity index (χ1n) is 8.15. The molecule has 0 atom stereocenters. The molecule has 0 aromatic heterocycles. The van der Waals surface area contributed by atoms with Gasteiger partial charge in [-0.25, -0.2) is 17.5 Å². The van der Waals surface area contributed by atoms with E-state index in [1.54, 1.807) is 25.2 Å². The van der Waals surface area contributed by atoms with Crippen LogP contribution < -0.4 is 15.4 Å². The first kappa shape index (κ1) is 23.0. The van der Waals surface area contributed by atoms with Crippen LogP contribution >= 0.6 is 12.4 Å². The van der Waals surface area contributed by atoms with E-state index in [2.05, 4.69) is 15.4 Å². The highest BCUT2D eigenvalue weighted by Crippen LogP contribution is 2.13. The van der Waals surface area contributed by atoms with E-state index in [4.69, 9.17) is 0 Å². The Morgan fingerprint density at radius 3 is 2.37 bits per heavy atom. The predicted molar refractivity (Wildman–Crippen MR) is 105 cm³/mol. The van der Waals surface area contributed by atoms with Crippen molar-refractivity contribution in [2.75, 3.05) is 13.6 Å². The van der Waals surface area contributed by atoms with Gasteiger partial charge in [-0.05, 0) is 42.4 Å². The Bertz CT molecular complexity index is 862. The normalized spacial score (nSPS) is 10.9. The van der Waals surface area contributed by atoms with E-state index in [0.717, 1.165) is 0 Å². The molecule has 2 rings (SSSR count). The van der Waals surface area contributed by atoms with Crippen molar-refractivity contribution in [3.05, 3.63) is 65.5 Å². The van der Waals surface area contributed by atoms with Crippen molar-refractivity contribution in [2.24, 2.45) is 0 Å². The van der Waals surface area contributed by atoms with E-state index >= 15 is 0 Å². The third-order valence-corrected chi connectivity index (χ3v) is 5.05. The number of benzene rings is 2. The van der Waals surface area contributed by atoms with E-state index in [9.17, 15) is 17.6 Å². The van der Waals surface area contributed by atoms with Crippen molar-refractivity contribution in [3.63, 3.8) is 0 Å². The second kappa shape index (κ2) is 11.0. The maximum atomic E-state index is 13.2. The Labute approximate surface area is 165 Å². The van der Waals surface area contributed by atoms with Crippen LogP contribution in [0, 0.1) is 5.82 Å². The molecule has 3 N–H and O–H groups in total. The molecule has 0 aliphatic carbocycles. The van der Waals surface area contributed by atoms with Crippen molar-refractivity contribution in [3.8, 4) is 0 Å². The summed E-state index contributed by atoms with van der Waals surface area (Å²) < 4.78 is 40.5. The van der Waals surface area contributed by atoms with Gasteiger partial charge in [0, 0.05) is 26.1 Å². The molecule has 0 aliphatic heterocycles. The minimum Gasteiger partial charge on any atom is -0.352 e. The highest BCUT2D eigenvalue weighted by molar-refractivity contribution is 7.89. The minimum atomic E-state index is -3.74. The molecule has 0 spiro atoms. The molecule has 0 saturated carbocycles. The summed E-state index contributed by atoms with van der Waals surface area (Å²) >= 11 is 0. The molecule has 2 aromatic carbocycles. The second-order valence-corrected chi connectivity index (χ2v) is 7.50. The first-order chi connectivity index (χ1) is 12.4. The van der Waals surface area contributed by atoms with E-state index in [1.807, 2.05) is 0 Å². The number of carbonyl (C=O) groups is 1. The topological polar surface area (TPSA) is 87.3 Å². The van der Waals surface area contributed by atoms with Crippen molar-refractivity contribution in [1.29, 1.82) is 0 Å². The van der Waals surface area contributed by atoms with Crippen LogP contribution in [-0.2, 0) is 27.9 Å². The summed E-state index contributed by atoms with van der Waals surface area (Å²) in [5, 5.41) is 5.63. The predicted octanol–water partition coefficient (Wildman–Crippen LogP) is 1.95. The Hall–Kier alpha value is -2.00. The standard InChI is InChI=1S/C18H22FN3O3S.ClH/c1-20-9-8-18(23)21-12-15-5-3-7-17(11-15)26(24,25)22-13-14-4-2-6-16(19)10-14;/h2-7,10-11,20,22H,8-9,12-13H2,1H3,(H,21,23);1H. The molecule has 0 aliphatic rings. The van der Waals surface area contributed by atoms with Gasteiger partial charge in [0.25, 0.3) is 0 Å². The first-order valence-corrected chi connectivity index (χ1v) is 9.63. The number of amides is 1. The fraction of sp³-hybridized carbons (Fsp3) is 0.278. The average molecular weight is 416 g/mol. The number of nitrogens with one attached hydrogen (secondary N) is 3. The smallest absolute Gasteiger partial charge is 0.240 e. The van der Waals surface area contributed by atoms with Crippen molar-refractivity contribution >= 4 is 28.3 Å². The van der Waals surface area contributed by atoms with Crippen molar-refractivity contribution in [2.45, 2.75) is 24.4 Å². The zero-order valence-electron chi connectivity index (χ0n) is 14.9. The Morgan fingerprint density at radius 2 is 1.70 bits per heavy atom. The summed E-state index contributed by atoms with van der Waals surface area (Å²) in [6.07, 6.45) is 0.351. The Morgan fingerprint density at radius 1 is 1.04 bits per heavy atom. The molecule has 1 amide bonds. The van der Waals surface area contributed by atoms with E-state index in [-0.39, 0.29) is 36.3 Å². The summed E-state index contributed by atoms with van der Waals surface area (Å²) in [6, 6.07) is 12.1. The van der Waals surface area contributed by atoms with Gasteiger partial charge in [-0.1, -0.05) is 24.3 Å². The van der Waals surface area contributed by atoms with Gasteiger partial charge in [0.15, 0.2) is 0 Å². The van der Waals surface area contributed by atoms with Gasteiger partial charge in [-0.15, -0.1) is 12.4 Å². The lowest BCUT2D eigenvalue weighted by molar-refractivity contribution is -0.121. The van der Waals surface area contributed by atoms with Gasteiger partial charge < -0.3 is 10.6 Å². The van der Waals surface area contributed by atoms with Gasteiger partial charge in [0.2, 0.25) is 15.9 Å². The van der Waals surface area contributed by atoms with Crippen molar-refractivity contribution in [1.82, 2.24) is 15.4 Å². The largest absolute Gasteiger partial charge is 0.352 e. The number of sulfonamides is 1. The third kappa shape index (κ3) is 7.64. The lowest BCUT2D eigenvalue weighted by Gasteiger charge is -2.10. The molecule has 0 fully saturated rings. The Kier molecular flexibility index (Phi) is 9.37. The summed E-state index contributed by atoms with van der Waals surface area (Å²) in [5.41, 5.74) is 1.21. The van der Waals surface area contributed by atoms with E-state index in [0.29, 0.717) is 24.1 Å². The van der Waals surface area contributed by atoms with Crippen LogP contribution in [0.2, 0.25) is 0 Å². The van der Waals surface area contributed by atoms with E-state index in [1.165, 1.54) is 30.3 Å². The van der Waals surface area contributed by atoms with Gasteiger partial charge in [-0.3, -0.25) is 4.79 Å². The fourth-order valence-corrected chi connectivity index (χ4v) is 3.35. The fourth-order valence-electron chi connectivity index (χ4n) is 2.26. The number of rotatable bonds is 9. The maximum Gasteiger partial charge on any atom is 0.240 e. The summed E-state index contributed by atoms with van der Waals surface area (Å²) in [6.45, 7) is 0.811. The molecule has 9 heteroatoms. The molecule has 0 saturated heterocycles. The van der Waals surface area contributed by atoms with Crippen LogP contribution in [0.3, 0.4) is 0 Å². The number of carbonyl (C=O) groups excluding carboxylic acids is 1.